The molecule has 17 heavy (non-hydrogen) atoms. The van der Waals surface area contributed by atoms with Crippen LogP contribution in [0.4, 0.5) is 5.69 Å². The second-order valence-corrected chi connectivity index (χ2v) is 3.60. The maximum absolute atomic E-state index is 11.2. The van der Waals surface area contributed by atoms with E-state index >= 15 is 0 Å². The van der Waals surface area contributed by atoms with Crippen molar-refractivity contribution in [1.82, 2.24) is 9.78 Å². The maximum atomic E-state index is 11.2. The summed E-state index contributed by atoms with van der Waals surface area (Å²) in [6, 6.07) is 9.53. The van der Waals surface area contributed by atoms with E-state index in [2.05, 4.69) is 17.0 Å². The molecule has 4 nitrogen and oxygen atoms in total. The third-order valence-electron chi connectivity index (χ3n) is 2.28. The van der Waals surface area contributed by atoms with Crippen molar-refractivity contribution < 1.29 is 4.79 Å². The first-order chi connectivity index (χ1) is 8.28. The molecule has 1 amide bonds. The molecule has 4 heteroatoms. The highest BCUT2D eigenvalue weighted by atomic mass is 16.1. The quantitative estimate of drug-likeness (QED) is 0.813. The van der Waals surface area contributed by atoms with Gasteiger partial charge in [-0.05, 0) is 29.8 Å². The van der Waals surface area contributed by atoms with Crippen molar-refractivity contribution >= 4 is 11.6 Å². The van der Waals surface area contributed by atoms with Gasteiger partial charge >= 0.3 is 0 Å². The van der Waals surface area contributed by atoms with E-state index in [1.165, 1.54) is 6.08 Å². The Morgan fingerprint density at radius 3 is 3.06 bits per heavy atom. The van der Waals surface area contributed by atoms with Crippen LogP contribution in [-0.2, 0) is 11.3 Å². The van der Waals surface area contributed by atoms with Crippen LogP contribution in [0.15, 0.2) is 55.4 Å². The lowest BCUT2D eigenvalue weighted by molar-refractivity contribution is -0.111. The highest BCUT2D eigenvalue weighted by molar-refractivity contribution is 5.98. The highest BCUT2D eigenvalue weighted by Crippen LogP contribution is 2.11. The molecule has 1 heterocycles. The number of hydrogen-bond donors (Lipinski definition) is 1. The lowest BCUT2D eigenvalue weighted by Gasteiger charge is -2.06. The van der Waals surface area contributed by atoms with Crippen LogP contribution in [0, 0.1) is 0 Å². The van der Waals surface area contributed by atoms with Gasteiger partial charge in [0, 0.05) is 18.1 Å². The number of anilines is 1. The summed E-state index contributed by atoms with van der Waals surface area (Å²) in [6.45, 7) is 4.10. The van der Waals surface area contributed by atoms with Gasteiger partial charge in [-0.3, -0.25) is 9.48 Å². The third kappa shape index (κ3) is 3.04. The molecule has 0 aliphatic carbocycles. The molecule has 1 aromatic carbocycles. The van der Waals surface area contributed by atoms with Crippen molar-refractivity contribution in [2.45, 2.75) is 6.54 Å². The maximum Gasteiger partial charge on any atom is 0.247 e. The van der Waals surface area contributed by atoms with Crippen LogP contribution in [0.3, 0.4) is 0 Å². The number of carbonyl (C=O) groups is 1. The number of carbonyl (C=O) groups excluding carboxylic acids is 1. The zero-order valence-electron chi connectivity index (χ0n) is 9.34. The number of aromatic nitrogens is 2. The average molecular weight is 227 g/mol. The molecular weight excluding hydrogens is 214 g/mol. The summed E-state index contributed by atoms with van der Waals surface area (Å²) in [4.78, 5) is 11.2. The lowest BCUT2D eigenvalue weighted by Crippen LogP contribution is -2.08. The minimum atomic E-state index is -0.207. The number of benzene rings is 1. The molecule has 0 saturated heterocycles. The molecule has 0 unspecified atom stereocenters. The third-order valence-corrected chi connectivity index (χ3v) is 2.28. The zero-order chi connectivity index (χ0) is 12.1. The van der Waals surface area contributed by atoms with E-state index < -0.39 is 0 Å². The Morgan fingerprint density at radius 2 is 2.35 bits per heavy atom. The SMILES string of the molecule is C=CC(=O)Nc1cccc(Cn2cccn2)c1. The van der Waals surface area contributed by atoms with Crippen molar-refractivity contribution in [1.29, 1.82) is 0 Å². The summed E-state index contributed by atoms with van der Waals surface area (Å²) in [5.41, 5.74) is 1.84. The molecular formula is C13H13N3O. The van der Waals surface area contributed by atoms with Crippen LogP contribution in [0.25, 0.3) is 0 Å². The van der Waals surface area contributed by atoms with Gasteiger partial charge in [-0.1, -0.05) is 18.7 Å². The van der Waals surface area contributed by atoms with Gasteiger partial charge in [0.1, 0.15) is 0 Å². The van der Waals surface area contributed by atoms with Crippen LogP contribution >= 0.6 is 0 Å². The molecule has 2 aromatic rings. The number of nitrogens with zero attached hydrogens (tertiary/aromatic N) is 2. The molecule has 0 aliphatic heterocycles. The molecule has 0 atom stereocenters. The molecule has 0 spiro atoms. The topological polar surface area (TPSA) is 46.9 Å². The Balaban J connectivity index is 2.11. The smallest absolute Gasteiger partial charge is 0.247 e. The molecule has 0 fully saturated rings. The average Bonchev–Trinajstić information content (AvgIpc) is 2.82. The first kappa shape index (κ1) is 11.1. The Morgan fingerprint density at radius 1 is 1.47 bits per heavy atom. The van der Waals surface area contributed by atoms with Crippen LogP contribution in [0.5, 0.6) is 0 Å². The summed E-state index contributed by atoms with van der Waals surface area (Å²) in [5.74, 6) is -0.207. The van der Waals surface area contributed by atoms with Gasteiger partial charge in [-0.2, -0.15) is 5.10 Å². The Kier molecular flexibility index (Phi) is 3.35. The van der Waals surface area contributed by atoms with Crippen molar-refractivity contribution in [2.75, 3.05) is 5.32 Å². The molecule has 1 N–H and O–H groups in total. The number of nitrogens with one attached hydrogen (secondary N) is 1. The lowest BCUT2D eigenvalue weighted by atomic mass is 10.2. The van der Waals surface area contributed by atoms with Gasteiger partial charge in [0.25, 0.3) is 0 Å². The second-order valence-electron chi connectivity index (χ2n) is 3.60. The summed E-state index contributed by atoms with van der Waals surface area (Å²) < 4.78 is 1.83. The van der Waals surface area contributed by atoms with E-state index in [0.717, 1.165) is 11.3 Å². The van der Waals surface area contributed by atoms with E-state index in [-0.39, 0.29) is 5.91 Å². The summed E-state index contributed by atoms with van der Waals surface area (Å²) in [7, 11) is 0. The van der Waals surface area contributed by atoms with E-state index in [1.807, 2.05) is 41.2 Å². The van der Waals surface area contributed by atoms with Crippen molar-refractivity contribution in [2.24, 2.45) is 0 Å². The molecule has 0 bridgehead atoms. The highest BCUT2D eigenvalue weighted by Gasteiger charge is 1.99. The predicted molar refractivity (Wildman–Crippen MR) is 66.6 cm³/mol. The molecule has 1 aromatic heterocycles. The zero-order valence-corrected chi connectivity index (χ0v) is 9.34. The van der Waals surface area contributed by atoms with Gasteiger partial charge in [0.05, 0.1) is 6.54 Å². The first-order valence-electron chi connectivity index (χ1n) is 5.28. The second kappa shape index (κ2) is 5.12. The van der Waals surface area contributed by atoms with Crippen molar-refractivity contribution in [3.05, 3.63) is 60.9 Å². The van der Waals surface area contributed by atoms with Crippen LogP contribution in [-0.4, -0.2) is 15.7 Å². The normalized spacial score (nSPS) is 9.88. The Labute approximate surface area is 99.6 Å². The minimum absolute atomic E-state index is 0.207. The fraction of sp³-hybridized carbons (Fsp3) is 0.0769. The molecule has 0 saturated carbocycles. The first-order valence-corrected chi connectivity index (χ1v) is 5.28. The Hall–Kier alpha value is -2.36. The van der Waals surface area contributed by atoms with Crippen LogP contribution < -0.4 is 5.32 Å². The van der Waals surface area contributed by atoms with Crippen LogP contribution in [0.1, 0.15) is 5.56 Å². The van der Waals surface area contributed by atoms with E-state index in [4.69, 9.17) is 0 Å². The largest absolute Gasteiger partial charge is 0.323 e. The molecule has 2 rings (SSSR count). The number of rotatable bonds is 4. The number of hydrogen-bond acceptors (Lipinski definition) is 2. The van der Waals surface area contributed by atoms with Crippen molar-refractivity contribution in [3.63, 3.8) is 0 Å². The van der Waals surface area contributed by atoms with E-state index in [9.17, 15) is 4.79 Å². The minimum Gasteiger partial charge on any atom is -0.323 e. The summed E-state index contributed by atoms with van der Waals surface area (Å²) >= 11 is 0. The van der Waals surface area contributed by atoms with Gasteiger partial charge in [-0.15, -0.1) is 0 Å². The van der Waals surface area contributed by atoms with Gasteiger partial charge in [0.15, 0.2) is 0 Å². The predicted octanol–water partition coefficient (Wildman–Crippen LogP) is 2.06. The fourth-order valence-corrected chi connectivity index (χ4v) is 1.52. The fourth-order valence-electron chi connectivity index (χ4n) is 1.52. The summed E-state index contributed by atoms with van der Waals surface area (Å²) in [6.07, 6.45) is 4.89. The van der Waals surface area contributed by atoms with Gasteiger partial charge < -0.3 is 5.32 Å². The van der Waals surface area contributed by atoms with Gasteiger partial charge in [0.2, 0.25) is 5.91 Å². The van der Waals surface area contributed by atoms with E-state index in [1.54, 1.807) is 6.20 Å². The molecule has 0 aliphatic rings. The van der Waals surface area contributed by atoms with Crippen molar-refractivity contribution in [3.8, 4) is 0 Å². The van der Waals surface area contributed by atoms with Gasteiger partial charge in [-0.25, -0.2) is 0 Å². The standard InChI is InChI=1S/C13H13N3O/c1-2-13(17)15-12-6-3-5-11(9-12)10-16-8-4-7-14-16/h2-9H,1,10H2,(H,15,17). The monoisotopic (exact) mass is 227 g/mol. The molecule has 0 radical (unpaired) electrons. The van der Waals surface area contributed by atoms with Crippen LogP contribution in [0.2, 0.25) is 0 Å². The number of amides is 1. The van der Waals surface area contributed by atoms with E-state index in [0.29, 0.717) is 6.54 Å². The Bertz CT molecular complexity index is 517. The molecule has 86 valence electrons. The summed E-state index contributed by atoms with van der Waals surface area (Å²) in [5, 5.41) is 6.86.